The van der Waals surface area contributed by atoms with Crippen molar-refractivity contribution in [2.45, 2.75) is 51.0 Å². The quantitative estimate of drug-likeness (QED) is 0.380. The van der Waals surface area contributed by atoms with Crippen molar-refractivity contribution < 1.29 is 9.21 Å². The second-order valence-electron chi connectivity index (χ2n) is 7.64. The molecule has 0 spiro atoms. The van der Waals surface area contributed by atoms with Crippen molar-refractivity contribution in [2.24, 2.45) is 4.99 Å². The summed E-state index contributed by atoms with van der Waals surface area (Å²) in [6, 6.07) is 13.1. The predicted molar refractivity (Wildman–Crippen MR) is 116 cm³/mol. The monoisotopic (exact) mass is 396 g/mol. The van der Waals surface area contributed by atoms with E-state index in [2.05, 4.69) is 51.3 Å². The number of benzene rings is 1. The topological polar surface area (TPSA) is 78.7 Å². The number of nitrogens with zero attached hydrogens (tertiary/aromatic N) is 1. The molecule has 29 heavy (non-hydrogen) atoms. The van der Waals surface area contributed by atoms with Crippen molar-refractivity contribution in [2.75, 3.05) is 20.1 Å². The van der Waals surface area contributed by atoms with E-state index < -0.39 is 0 Å². The van der Waals surface area contributed by atoms with Crippen molar-refractivity contribution in [1.29, 1.82) is 0 Å². The van der Waals surface area contributed by atoms with E-state index >= 15 is 0 Å². The van der Waals surface area contributed by atoms with Crippen molar-refractivity contribution in [3.8, 4) is 0 Å². The molecule has 0 saturated heterocycles. The normalized spacial score (nSPS) is 19.6. The number of guanidine groups is 1. The maximum absolute atomic E-state index is 12.0. The number of hydrogen-bond acceptors (Lipinski definition) is 3. The molecular weight excluding hydrogens is 364 g/mol. The third kappa shape index (κ3) is 6.11. The van der Waals surface area contributed by atoms with E-state index in [1.807, 2.05) is 6.92 Å². The average Bonchev–Trinajstić information content (AvgIpc) is 3.19. The lowest BCUT2D eigenvalue weighted by Gasteiger charge is -2.30. The Morgan fingerprint density at radius 3 is 2.45 bits per heavy atom. The molecule has 0 aliphatic heterocycles. The number of rotatable bonds is 7. The van der Waals surface area contributed by atoms with Crippen molar-refractivity contribution in [1.82, 2.24) is 16.0 Å². The summed E-state index contributed by atoms with van der Waals surface area (Å²) < 4.78 is 5.20. The molecule has 1 fully saturated rings. The van der Waals surface area contributed by atoms with Gasteiger partial charge in [0.2, 0.25) is 0 Å². The van der Waals surface area contributed by atoms with Gasteiger partial charge >= 0.3 is 0 Å². The predicted octanol–water partition coefficient (Wildman–Crippen LogP) is 3.60. The van der Waals surface area contributed by atoms with E-state index in [1.165, 1.54) is 24.7 Å². The van der Waals surface area contributed by atoms with Gasteiger partial charge in [-0.1, -0.05) is 30.3 Å². The fourth-order valence-corrected chi connectivity index (χ4v) is 3.87. The van der Waals surface area contributed by atoms with Crippen LogP contribution in [0.15, 0.2) is 52.1 Å². The molecule has 3 N–H and O–H groups in total. The highest BCUT2D eigenvalue weighted by Crippen LogP contribution is 2.32. The largest absolute Gasteiger partial charge is 0.459 e. The number of carbonyl (C=O) groups excluding carboxylic acids is 1. The Bertz CT molecular complexity index is 792. The first kappa shape index (κ1) is 21.0. The van der Waals surface area contributed by atoms with Gasteiger partial charge in [-0.2, -0.15) is 0 Å². The van der Waals surface area contributed by atoms with Crippen LogP contribution in [0.2, 0.25) is 0 Å². The van der Waals surface area contributed by atoms with E-state index in [0.29, 0.717) is 24.3 Å². The van der Waals surface area contributed by atoms with Crippen molar-refractivity contribution >= 4 is 11.9 Å². The van der Waals surface area contributed by atoms with Crippen molar-refractivity contribution in [3.63, 3.8) is 0 Å². The molecule has 1 aliphatic rings. The van der Waals surface area contributed by atoms with E-state index in [-0.39, 0.29) is 5.91 Å². The van der Waals surface area contributed by atoms with Gasteiger partial charge in [-0.25, -0.2) is 0 Å². The molecule has 3 rings (SSSR count). The lowest BCUT2D eigenvalue weighted by Crippen LogP contribution is -2.45. The molecule has 1 aromatic heterocycles. The zero-order valence-corrected chi connectivity index (χ0v) is 17.4. The maximum atomic E-state index is 12.0. The Morgan fingerprint density at radius 2 is 1.79 bits per heavy atom. The molecule has 6 heteroatoms. The van der Waals surface area contributed by atoms with Crippen LogP contribution in [0.3, 0.4) is 0 Å². The minimum Gasteiger partial charge on any atom is -0.459 e. The average molecular weight is 397 g/mol. The summed E-state index contributed by atoms with van der Waals surface area (Å²) in [7, 11) is 1.80. The molecular formula is C23H32N4O2. The van der Waals surface area contributed by atoms with Gasteiger partial charge in [0.15, 0.2) is 11.7 Å². The number of furan rings is 1. The van der Waals surface area contributed by atoms with Crippen LogP contribution in [-0.4, -0.2) is 38.0 Å². The standard InChI is InChI=1S/C23H32N4O2/c1-17-13-16-29-21(17)22(28)25-14-6-15-26-23(24-2)27-20-11-9-19(10-12-20)18-7-4-3-5-8-18/h3-5,7-8,13,16,19-20H,6,9-12,14-15H2,1-2H3,(H,25,28)(H2,24,26,27). The lowest BCUT2D eigenvalue weighted by molar-refractivity contribution is 0.0925. The smallest absolute Gasteiger partial charge is 0.287 e. The van der Waals surface area contributed by atoms with Gasteiger partial charge in [-0.15, -0.1) is 0 Å². The van der Waals surface area contributed by atoms with E-state index in [1.54, 1.807) is 13.1 Å². The summed E-state index contributed by atoms with van der Waals surface area (Å²) in [5.41, 5.74) is 2.31. The molecule has 6 nitrogen and oxygen atoms in total. The number of aliphatic imine (C=N–C) groups is 1. The molecule has 0 unspecified atom stereocenters. The fourth-order valence-electron chi connectivity index (χ4n) is 3.87. The van der Waals surface area contributed by atoms with E-state index in [4.69, 9.17) is 4.42 Å². The number of hydrogen-bond donors (Lipinski definition) is 3. The maximum Gasteiger partial charge on any atom is 0.287 e. The number of aryl methyl sites for hydroxylation is 1. The molecule has 1 aromatic carbocycles. The van der Waals surface area contributed by atoms with Crippen LogP contribution >= 0.6 is 0 Å². The summed E-state index contributed by atoms with van der Waals surface area (Å²) in [5.74, 6) is 1.73. The molecule has 1 amide bonds. The third-order valence-electron chi connectivity index (χ3n) is 5.56. The van der Waals surface area contributed by atoms with Crippen LogP contribution < -0.4 is 16.0 Å². The molecule has 0 radical (unpaired) electrons. The van der Waals surface area contributed by atoms with E-state index in [0.717, 1.165) is 37.3 Å². The third-order valence-corrected chi connectivity index (χ3v) is 5.56. The highest BCUT2D eigenvalue weighted by molar-refractivity contribution is 5.92. The van der Waals surface area contributed by atoms with Crippen LogP contribution in [0.4, 0.5) is 0 Å². The van der Waals surface area contributed by atoms with Gasteiger partial charge < -0.3 is 20.4 Å². The van der Waals surface area contributed by atoms with Crippen LogP contribution in [0, 0.1) is 6.92 Å². The van der Waals surface area contributed by atoms with Gasteiger partial charge in [-0.05, 0) is 56.6 Å². The van der Waals surface area contributed by atoms with Gasteiger partial charge in [0.25, 0.3) is 5.91 Å². The first-order valence-corrected chi connectivity index (χ1v) is 10.5. The first-order valence-electron chi connectivity index (χ1n) is 10.5. The Kier molecular flexibility index (Phi) is 7.73. The molecule has 1 saturated carbocycles. The molecule has 156 valence electrons. The highest BCUT2D eigenvalue weighted by atomic mass is 16.3. The molecule has 0 bridgehead atoms. The SMILES string of the molecule is CN=C(NCCCNC(=O)c1occc1C)NC1CCC(c2ccccc2)CC1. The Balaban J connectivity index is 1.32. The van der Waals surface area contributed by atoms with E-state index in [9.17, 15) is 4.79 Å². The first-order chi connectivity index (χ1) is 14.2. The summed E-state index contributed by atoms with van der Waals surface area (Å²) in [4.78, 5) is 16.3. The summed E-state index contributed by atoms with van der Waals surface area (Å²) in [6.45, 7) is 3.20. The fraction of sp³-hybridized carbons (Fsp3) is 0.478. The van der Waals surface area contributed by atoms with Crippen LogP contribution in [-0.2, 0) is 0 Å². The lowest BCUT2D eigenvalue weighted by atomic mass is 9.82. The van der Waals surface area contributed by atoms with Crippen molar-refractivity contribution in [3.05, 3.63) is 59.5 Å². The molecule has 1 aliphatic carbocycles. The van der Waals surface area contributed by atoms with Crippen LogP contribution in [0.1, 0.15) is 59.7 Å². The number of carbonyl (C=O) groups is 1. The van der Waals surface area contributed by atoms with Gasteiger partial charge in [0, 0.05) is 31.7 Å². The Labute approximate surface area is 173 Å². The Morgan fingerprint density at radius 1 is 1.07 bits per heavy atom. The molecule has 2 aromatic rings. The number of nitrogens with one attached hydrogen (secondary N) is 3. The summed E-state index contributed by atoms with van der Waals surface area (Å²) in [5, 5.41) is 9.77. The second-order valence-corrected chi connectivity index (χ2v) is 7.64. The second kappa shape index (κ2) is 10.7. The minimum absolute atomic E-state index is 0.162. The highest BCUT2D eigenvalue weighted by Gasteiger charge is 2.22. The van der Waals surface area contributed by atoms with Gasteiger partial charge in [-0.3, -0.25) is 9.79 Å². The number of amides is 1. The van der Waals surface area contributed by atoms with Gasteiger partial charge in [0.1, 0.15) is 0 Å². The Hall–Kier alpha value is -2.76. The molecule has 1 heterocycles. The van der Waals surface area contributed by atoms with Crippen LogP contribution in [0.5, 0.6) is 0 Å². The summed E-state index contributed by atoms with van der Waals surface area (Å²) in [6.07, 6.45) is 7.06. The zero-order chi connectivity index (χ0) is 20.5. The van der Waals surface area contributed by atoms with Crippen LogP contribution in [0.25, 0.3) is 0 Å². The molecule has 0 atom stereocenters. The zero-order valence-electron chi connectivity index (χ0n) is 17.4. The minimum atomic E-state index is -0.162. The van der Waals surface area contributed by atoms with Gasteiger partial charge in [0.05, 0.1) is 6.26 Å². The summed E-state index contributed by atoms with van der Waals surface area (Å²) >= 11 is 0.